The maximum absolute atomic E-state index is 5.13. The molecule has 0 bridgehead atoms. The second-order valence-corrected chi connectivity index (χ2v) is 5.91. The van der Waals surface area contributed by atoms with Crippen molar-refractivity contribution >= 4 is 27.3 Å². The number of nitrogens with one attached hydrogen (secondary N) is 1. The third-order valence-corrected chi connectivity index (χ3v) is 4.38. The fourth-order valence-corrected chi connectivity index (χ4v) is 3.31. The van der Waals surface area contributed by atoms with E-state index in [2.05, 4.69) is 43.2 Å². The molecule has 0 aliphatic rings. The summed E-state index contributed by atoms with van der Waals surface area (Å²) in [5.74, 6) is 0. The standard InChI is InChI=1S/C13H18BrN3OS/c1-15-12(7-10-3-6-19-9-10)13-11(14)8-16-17(13)4-5-18-2/h3,6,8-9,12,15H,4-5,7H2,1-2H3. The zero-order valence-electron chi connectivity index (χ0n) is 11.1. The Kier molecular flexibility index (Phi) is 5.57. The molecule has 0 saturated heterocycles. The molecule has 19 heavy (non-hydrogen) atoms. The van der Waals surface area contributed by atoms with E-state index < -0.39 is 0 Å². The zero-order chi connectivity index (χ0) is 13.7. The van der Waals surface area contributed by atoms with Crippen LogP contribution in [0.1, 0.15) is 17.3 Å². The maximum atomic E-state index is 5.13. The summed E-state index contributed by atoms with van der Waals surface area (Å²) in [5, 5.41) is 12.1. The van der Waals surface area contributed by atoms with Gasteiger partial charge in [-0.2, -0.15) is 16.4 Å². The van der Waals surface area contributed by atoms with Crippen molar-refractivity contribution < 1.29 is 4.74 Å². The first-order chi connectivity index (χ1) is 9.26. The van der Waals surface area contributed by atoms with Gasteiger partial charge in [0.1, 0.15) is 0 Å². The molecule has 0 fully saturated rings. The molecule has 2 aromatic rings. The van der Waals surface area contributed by atoms with Gasteiger partial charge < -0.3 is 10.1 Å². The van der Waals surface area contributed by atoms with Gasteiger partial charge in [0.15, 0.2) is 0 Å². The molecule has 2 heterocycles. The number of hydrogen-bond donors (Lipinski definition) is 1. The van der Waals surface area contributed by atoms with Crippen LogP contribution in [0, 0.1) is 0 Å². The van der Waals surface area contributed by atoms with E-state index in [0.29, 0.717) is 6.61 Å². The van der Waals surface area contributed by atoms with E-state index in [-0.39, 0.29) is 6.04 Å². The normalized spacial score (nSPS) is 12.8. The fourth-order valence-electron chi connectivity index (χ4n) is 2.05. The number of thiophene rings is 1. The molecule has 1 atom stereocenters. The quantitative estimate of drug-likeness (QED) is 0.840. The van der Waals surface area contributed by atoms with Crippen molar-refractivity contribution in [2.24, 2.45) is 0 Å². The Hall–Kier alpha value is -0.690. The van der Waals surface area contributed by atoms with Gasteiger partial charge in [-0.05, 0) is 51.8 Å². The van der Waals surface area contributed by atoms with Crippen LogP contribution in [0.15, 0.2) is 27.5 Å². The van der Waals surface area contributed by atoms with Crippen molar-refractivity contribution in [2.75, 3.05) is 20.8 Å². The van der Waals surface area contributed by atoms with Crippen LogP contribution in [-0.2, 0) is 17.7 Å². The number of likely N-dealkylation sites (N-methyl/N-ethyl adjacent to an activating group) is 1. The topological polar surface area (TPSA) is 39.1 Å². The number of ether oxygens (including phenoxy) is 1. The molecule has 2 rings (SSSR count). The minimum atomic E-state index is 0.239. The molecule has 4 nitrogen and oxygen atoms in total. The Balaban J connectivity index is 2.19. The van der Waals surface area contributed by atoms with Gasteiger partial charge in [0.05, 0.1) is 35.6 Å². The third-order valence-electron chi connectivity index (χ3n) is 3.04. The van der Waals surface area contributed by atoms with Crippen LogP contribution in [0.25, 0.3) is 0 Å². The van der Waals surface area contributed by atoms with Crippen molar-refractivity contribution in [1.29, 1.82) is 0 Å². The molecule has 6 heteroatoms. The monoisotopic (exact) mass is 343 g/mol. The van der Waals surface area contributed by atoms with Gasteiger partial charge in [0.25, 0.3) is 0 Å². The van der Waals surface area contributed by atoms with Gasteiger partial charge in [-0.3, -0.25) is 4.68 Å². The van der Waals surface area contributed by atoms with E-state index >= 15 is 0 Å². The number of methoxy groups -OCH3 is 1. The molecule has 104 valence electrons. The Morgan fingerprint density at radius 2 is 2.42 bits per heavy atom. The van der Waals surface area contributed by atoms with Crippen LogP contribution in [-0.4, -0.2) is 30.5 Å². The van der Waals surface area contributed by atoms with E-state index in [1.54, 1.807) is 18.4 Å². The minimum Gasteiger partial charge on any atom is -0.383 e. The lowest BCUT2D eigenvalue weighted by atomic mass is 10.1. The summed E-state index contributed by atoms with van der Waals surface area (Å²) >= 11 is 5.32. The van der Waals surface area contributed by atoms with Gasteiger partial charge in [0, 0.05) is 7.11 Å². The van der Waals surface area contributed by atoms with Gasteiger partial charge >= 0.3 is 0 Å². The first-order valence-corrected chi connectivity index (χ1v) is 7.88. The lowest BCUT2D eigenvalue weighted by molar-refractivity contribution is 0.181. The highest BCUT2D eigenvalue weighted by molar-refractivity contribution is 9.10. The van der Waals surface area contributed by atoms with Crippen molar-refractivity contribution in [3.8, 4) is 0 Å². The Labute approximate surface area is 125 Å². The van der Waals surface area contributed by atoms with Gasteiger partial charge in [-0.15, -0.1) is 0 Å². The third kappa shape index (κ3) is 3.66. The molecule has 2 aromatic heterocycles. The number of rotatable bonds is 7. The summed E-state index contributed by atoms with van der Waals surface area (Å²) in [5.41, 5.74) is 2.52. The van der Waals surface area contributed by atoms with Crippen molar-refractivity contribution in [3.63, 3.8) is 0 Å². The second kappa shape index (κ2) is 7.19. The Morgan fingerprint density at radius 3 is 3.05 bits per heavy atom. The highest BCUT2D eigenvalue weighted by Crippen LogP contribution is 2.26. The second-order valence-electron chi connectivity index (χ2n) is 4.27. The van der Waals surface area contributed by atoms with E-state index in [0.717, 1.165) is 17.4 Å². The fraction of sp³-hybridized carbons (Fsp3) is 0.462. The molecule has 0 spiro atoms. The Bertz CT molecular complexity index is 498. The highest BCUT2D eigenvalue weighted by Gasteiger charge is 2.19. The van der Waals surface area contributed by atoms with Crippen LogP contribution < -0.4 is 5.32 Å². The highest BCUT2D eigenvalue weighted by atomic mass is 79.9. The summed E-state index contributed by atoms with van der Waals surface area (Å²) in [6.45, 7) is 1.43. The predicted molar refractivity (Wildman–Crippen MR) is 81.6 cm³/mol. The molecule has 1 N–H and O–H groups in total. The largest absolute Gasteiger partial charge is 0.383 e. The van der Waals surface area contributed by atoms with Crippen molar-refractivity contribution in [3.05, 3.63) is 38.8 Å². The molecular weight excluding hydrogens is 326 g/mol. The first-order valence-electron chi connectivity index (χ1n) is 6.14. The summed E-state index contributed by atoms with van der Waals surface area (Å²) in [6, 6.07) is 2.40. The lowest BCUT2D eigenvalue weighted by Gasteiger charge is -2.18. The molecule has 0 aliphatic heterocycles. The number of halogens is 1. The van der Waals surface area contributed by atoms with Crippen LogP contribution in [0.4, 0.5) is 0 Å². The zero-order valence-corrected chi connectivity index (χ0v) is 13.5. The van der Waals surface area contributed by atoms with Gasteiger partial charge in [0.2, 0.25) is 0 Å². The molecule has 0 aromatic carbocycles. The average Bonchev–Trinajstić information content (AvgIpc) is 3.04. The van der Waals surface area contributed by atoms with Gasteiger partial charge in [-0.1, -0.05) is 0 Å². The molecular formula is C13H18BrN3OS. The predicted octanol–water partition coefficient (Wildman–Crippen LogP) is 2.86. The summed E-state index contributed by atoms with van der Waals surface area (Å²) < 4.78 is 8.18. The molecule has 0 saturated carbocycles. The first kappa shape index (κ1) is 14.7. The molecule has 0 aliphatic carbocycles. The maximum Gasteiger partial charge on any atom is 0.0699 e. The number of aromatic nitrogens is 2. The summed E-state index contributed by atoms with van der Waals surface area (Å²) in [6.07, 6.45) is 2.81. The van der Waals surface area contributed by atoms with Crippen LogP contribution in [0.2, 0.25) is 0 Å². The Morgan fingerprint density at radius 1 is 1.58 bits per heavy atom. The van der Waals surface area contributed by atoms with E-state index in [9.17, 15) is 0 Å². The minimum absolute atomic E-state index is 0.239. The van der Waals surface area contributed by atoms with E-state index in [1.807, 2.05) is 17.9 Å². The molecule has 1 unspecified atom stereocenters. The lowest BCUT2D eigenvalue weighted by Crippen LogP contribution is -2.23. The summed E-state index contributed by atoms with van der Waals surface area (Å²) in [7, 11) is 3.69. The van der Waals surface area contributed by atoms with Crippen LogP contribution >= 0.6 is 27.3 Å². The van der Waals surface area contributed by atoms with Crippen LogP contribution in [0.3, 0.4) is 0 Å². The summed E-state index contributed by atoms with van der Waals surface area (Å²) in [4.78, 5) is 0. The number of hydrogen-bond acceptors (Lipinski definition) is 4. The average molecular weight is 344 g/mol. The van der Waals surface area contributed by atoms with E-state index in [4.69, 9.17) is 4.74 Å². The molecule has 0 radical (unpaired) electrons. The smallest absolute Gasteiger partial charge is 0.0699 e. The SMILES string of the molecule is CNC(Cc1ccsc1)c1c(Br)cnn1CCOC. The number of nitrogens with zero attached hydrogens (tertiary/aromatic N) is 2. The van der Waals surface area contributed by atoms with Crippen molar-refractivity contribution in [1.82, 2.24) is 15.1 Å². The molecule has 0 amide bonds. The van der Waals surface area contributed by atoms with Gasteiger partial charge in [-0.25, -0.2) is 0 Å². The van der Waals surface area contributed by atoms with E-state index in [1.165, 1.54) is 11.3 Å². The van der Waals surface area contributed by atoms with Crippen LogP contribution in [0.5, 0.6) is 0 Å². The van der Waals surface area contributed by atoms with Crippen molar-refractivity contribution in [2.45, 2.75) is 19.0 Å².